The summed E-state index contributed by atoms with van der Waals surface area (Å²) in [5, 5.41) is 0. The molecule has 0 spiro atoms. The monoisotopic (exact) mass is 288 g/mol. The van der Waals surface area contributed by atoms with Crippen LogP contribution in [0.3, 0.4) is 0 Å². The number of H-pyrrole nitrogens is 1. The molecule has 0 saturated heterocycles. The van der Waals surface area contributed by atoms with E-state index in [-0.39, 0.29) is 21.5 Å². The average Bonchev–Trinajstić information content (AvgIpc) is 2.58. The summed E-state index contributed by atoms with van der Waals surface area (Å²) in [6, 6.07) is 0. The molecule has 3 rings (SSSR count). The van der Waals surface area contributed by atoms with E-state index in [4.69, 9.17) is 12.2 Å². The fraction of sp³-hybridized carbons (Fsp3) is 0.692. The van der Waals surface area contributed by atoms with Crippen LogP contribution in [0.4, 0.5) is 13.2 Å². The Labute approximate surface area is 114 Å². The maximum absolute atomic E-state index is 13.2. The molecule has 6 heteroatoms. The van der Waals surface area contributed by atoms with Gasteiger partial charge in [-0.1, -0.05) is 20.8 Å². The normalized spacial score (nSPS) is 31.6. The van der Waals surface area contributed by atoms with Gasteiger partial charge in [-0.2, -0.15) is 13.2 Å². The zero-order chi connectivity index (χ0) is 14.2. The van der Waals surface area contributed by atoms with Crippen LogP contribution in [0, 0.1) is 10.2 Å². The number of nitrogens with zero attached hydrogens (tertiary/aromatic N) is 1. The Morgan fingerprint density at radius 3 is 2.53 bits per heavy atom. The van der Waals surface area contributed by atoms with Gasteiger partial charge in [-0.25, -0.2) is 4.98 Å². The number of hydrogen-bond acceptors (Lipinski definition) is 2. The van der Waals surface area contributed by atoms with E-state index < -0.39 is 11.9 Å². The fourth-order valence-electron chi connectivity index (χ4n) is 3.93. The highest BCUT2D eigenvalue weighted by molar-refractivity contribution is 7.71. The summed E-state index contributed by atoms with van der Waals surface area (Å²) in [6.07, 6.45) is -2.76. The summed E-state index contributed by atoms with van der Waals surface area (Å²) in [4.78, 5) is 6.50. The van der Waals surface area contributed by atoms with Crippen molar-refractivity contribution in [3.63, 3.8) is 0 Å². The van der Waals surface area contributed by atoms with Crippen molar-refractivity contribution in [2.24, 2.45) is 5.41 Å². The molecule has 1 aromatic heterocycles. The van der Waals surface area contributed by atoms with Gasteiger partial charge in [0, 0.05) is 16.7 Å². The fourth-order valence-corrected chi connectivity index (χ4v) is 4.12. The molecule has 19 heavy (non-hydrogen) atoms. The first-order valence-electron chi connectivity index (χ1n) is 6.31. The maximum Gasteiger partial charge on any atom is 0.433 e. The van der Waals surface area contributed by atoms with Gasteiger partial charge in [-0.15, -0.1) is 0 Å². The average molecular weight is 288 g/mol. The van der Waals surface area contributed by atoms with Crippen molar-refractivity contribution in [1.82, 2.24) is 9.97 Å². The number of hydrogen-bond donors (Lipinski definition) is 1. The topological polar surface area (TPSA) is 28.7 Å². The summed E-state index contributed by atoms with van der Waals surface area (Å²) in [5.41, 5.74) is -0.256. The number of aromatic amines is 1. The molecule has 1 saturated carbocycles. The van der Waals surface area contributed by atoms with Crippen molar-refractivity contribution in [1.29, 1.82) is 0 Å². The lowest BCUT2D eigenvalue weighted by Crippen LogP contribution is -2.32. The van der Waals surface area contributed by atoms with Crippen molar-refractivity contribution < 1.29 is 13.2 Å². The second kappa shape index (κ2) is 3.40. The van der Waals surface area contributed by atoms with E-state index in [9.17, 15) is 13.2 Å². The van der Waals surface area contributed by atoms with Crippen LogP contribution in [-0.4, -0.2) is 9.97 Å². The molecule has 1 fully saturated rings. The van der Waals surface area contributed by atoms with Crippen molar-refractivity contribution in [3.05, 3.63) is 21.7 Å². The molecule has 1 aromatic rings. The molecule has 2 unspecified atom stereocenters. The lowest BCUT2D eigenvalue weighted by atomic mass is 9.70. The molecule has 104 valence electrons. The van der Waals surface area contributed by atoms with Crippen molar-refractivity contribution in [3.8, 4) is 0 Å². The summed E-state index contributed by atoms with van der Waals surface area (Å²) < 4.78 is 39.5. The van der Waals surface area contributed by atoms with Crippen molar-refractivity contribution in [2.45, 2.75) is 51.1 Å². The lowest BCUT2D eigenvalue weighted by molar-refractivity contribution is -0.142. The van der Waals surface area contributed by atoms with Gasteiger partial charge >= 0.3 is 6.18 Å². The third-order valence-electron chi connectivity index (χ3n) is 5.36. The molecular weight excluding hydrogens is 273 g/mol. The molecule has 2 nitrogen and oxygen atoms in total. The standard InChI is InChI=1S/C13H15F3N2S/c1-11(2)6-4-5-12(11,3)8-7(6)9(13(14,15)16)18-10(19)17-8/h6H,4-5H2,1-3H3,(H,17,18,19). The second-order valence-electron chi connectivity index (χ2n) is 6.32. The van der Waals surface area contributed by atoms with Crippen LogP contribution in [-0.2, 0) is 11.6 Å². The van der Waals surface area contributed by atoms with E-state index >= 15 is 0 Å². The minimum atomic E-state index is -4.44. The Bertz CT molecular complexity index is 617. The lowest BCUT2D eigenvalue weighted by Gasteiger charge is -2.34. The zero-order valence-electron chi connectivity index (χ0n) is 11.0. The molecule has 2 bridgehead atoms. The highest BCUT2D eigenvalue weighted by Gasteiger charge is 2.62. The van der Waals surface area contributed by atoms with E-state index in [1.54, 1.807) is 0 Å². The summed E-state index contributed by atoms with van der Waals surface area (Å²) >= 11 is 4.88. The highest BCUT2D eigenvalue weighted by Crippen LogP contribution is 2.68. The molecule has 0 aromatic carbocycles. The van der Waals surface area contributed by atoms with Crippen LogP contribution in [0.15, 0.2) is 0 Å². The largest absolute Gasteiger partial charge is 0.433 e. The third-order valence-corrected chi connectivity index (χ3v) is 5.56. The number of alkyl halides is 3. The van der Waals surface area contributed by atoms with Crippen LogP contribution in [0.1, 0.15) is 56.5 Å². The quantitative estimate of drug-likeness (QED) is 0.720. The summed E-state index contributed by atoms with van der Waals surface area (Å²) in [7, 11) is 0. The Morgan fingerprint density at radius 2 is 1.95 bits per heavy atom. The summed E-state index contributed by atoms with van der Waals surface area (Å²) in [6.45, 7) is 6.12. The first kappa shape index (κ1) is 13.1. The van der Waals surface area contributed by atoms with Gasteiger partial charge in [0.1, 0.15) is 0 Å². The van der Waals surface area contributed by atoms with E-state index in [1.165, 1.54) is 0 Å². The van der Waals surface area contributed by atoms with Crippen molar-refractivity contribution >= 4 is 12.2 Å². The number of rotatable bonds is 0. The van der Waals surface area contributed by atoms with E-state index in [1.807, 2.05) is 20.8 Å². The summed E-state index contributed by atoms with van der Waals surface area (Å²) in [5.74, 6) is -0.0940. The second-order valence-corrected chi connectivity index (χ2v) is 6.71. The predicted octanol–water partition coefficient (Wildman–Crippen LogP) is 4.33. The first-order valence-corrected chi connectivity index (χ1v) is 6.72. The molecule has 2 aliphatic rings. The Hall–Kier alpha value is -0.910. The van der Waals surface area contributed by atoms with Crippen LogP contribution in [0.2, 0.25) is 0 Å². The van der Waals surface area contributed by atoms with Gasteiger partial charge in [0.2, 0.25) is 0 Å². The molecule has 2 aliphatic carbocycles. The van der Waals surface area contributed by atoms with Gasteiger partial charge in [0.05, 0.1) is 0 Å². The molecule has 2 atom stereocenters. The van der Waals surface area contributed by atoms with E-state index in [2.05, 4.69) is 9.97 Å². The smallest absolute Gasteiger partial charge is 0.334 e. The Kier molecular flexibility index (Phi) is 2.34. The Balaban J connectivity index is 2.37. The van der Waals surface area contributed by atoms with Crippen molar-refractivity contribution in [2.75, 3.05) is 0 Å². The van der Waals surface area contributed by atoms with Crippen LogP contribution >= 0.6 is 12.2 Å². The van der Waals surface area contributed by atoms with Crippen LogP contribution in [0.5, 0.6) is 0 Å². The van der Waals surface area contributed by atoms with E-state index in [0.717, 1.165) is 12.8 Å². The number of fused-ring (bicyclic) bond motifs is 5. The molecule has 0 aliphatic heterocycles. The first-order chi connectivity index (χ1) is 8.59. The van der Waals surface area contributed by atoms with Gasteiger partial charge in [-0.05, 0) is 36.4 Å². The maximum atomic E-state index is 13.2. The van der Waals surface area contributed by atoms with Crippen LogP contribution < -0.4 is 0 Å². The Morgan fingerprint density at radius 1 is 1.32 bits per heavy atom. The molecule has 1 heterocycles. The molecular formula is C13H15F3N2S. The van der Waals surface area contributed by atoms with Crippen LogP contribution in [0.25, 0.3) is 0 Å². The minimum Gasteiger partial charge on any atom is -0.334 e. The highest BCUT2D eigenvalue weighted by atomic mass is 32.1. The molecule has 0 amide bonds. The predicted molar refractivity (Wildman–Crippen MR) is 67.5 cm³/mol. The molecule has 1 N–H and O–H groups in total. The van der Waals surface area contributed by atoms with Gasteiger partial charge < -0.3 is 4.98 Å². The number of halogens is 3. The zero-order valence-corrected chi connectivity index (χ0v) is 11.8. The number of aromatic nitrogens is 2. The van der Waals surface area contributed by atoms with Gasteiger partial charge in [0.15, 0.2) is 10.5 Å². The molecule has 0 radical (unpaired) electrons. The SMILES string of the molecule is CC12CCC(c3c(C(F)(F)F)nc(=S)[nH]c31)C2(C)C. The van der Waals surface area contributed by atoms with E-state index in [0.29, 0.717) is 11.3 Å². The minimum absolute atomic E-state index is 0.0735. The third kappa shape index (κ3) is 1.43. The van der Waals surface area contributed by atoms with Gasteiger partial charge in [-0.3, -0.25) is 0 Å². The number of nitrogens with one attached hydrogen (secondary N) is 1. The van der Waals surface area contributed by atoms with Gasteiger partial charge in [0.25, 0.3) is 0 Å².